The van der Waals surface area contributed by atoms with Crippen LogP contribution in [0.25, 0.3) is 5.69 Å². The molecule has 102 valence electrons. The van der Waals surface area contributed by atoms with Crippen LogP contribution in [-0.2, 0) is 12.6 Å². The molecule has 2 rings (SSSR count). The van der Waals surface area contributed by atoms with Crippen LogP contribution < -0.4 is 0 Å². The molecule has 2 nitrogen and oxygen atoms in total. The lowest BCUT2D eigenvalue weighted by Crippen LogP contribution is -2.10. The van der Waals surface area contributed by atoms with Crippen molar-refractivity contribution < 1.29 is 22.0 Å². The molecule has 0 atom stereocenters. The number of nitrogens with zero attached hydrogens (tertiary/aromatic N) is 2. The van der Waals surface area contributed by atoms with Gasteiger partial charge in [0.1, 0.15) is 5.69 Å². The van der Waals surface area contributed by atoms with E-state index in [1.54, 1.807) is 6.92 Å². The van der Waals surface area contributed by atoms with Gasteiger partial charge in [-0.1, -0.05) is 13.0 Å². The number of hydrogen-bond donors (Lipinski definition) is 0. The number of hydrogen-bond acceptors (Lipinski definition) is 1. The van der Waals surface area contributed by atoms with Crippen molar-refractivity contribution in [1.82, 2.24) is 9.78 Å². The van der Waals surface area contributed by atoms with Crippen LogP contribution in [0.1, 0.15) is 18.3 Å². The van der Waals surface area contributed by atoms with E-state index in [1.807, 2.05) is 0 Å². The Kier molecular flexibility index (Phi) is 3.30. The van der Waals surface area contributed by atoms with Gasteiger partial charge in [0.15, 0.2) is 17.3 Å². The molecule has 0 radical (unpaired) electrons. The van der Waals surface area contributed by atoms with Crippen LogP contribution in [0.4, 0.5) is 22.0 Å². The molecule has 0 N–H and O–H groups in total. The van der Waals surface area contributed by atoms with Crippen molar-refractivity contribution in [2.75, 3.05) is 0 Å². The Hall–Kier alpha value is -1.92. The molecule has 0 aliphatic carbocycles. The molecule has 0 aliphatic heterocycles. The maximum Gasteiger partial charge on any atom is 0.435 e. The third-order valence-electron chi connectivity index (χ3n) is 2.59. The van der Waals surface area contributed by atoms with E-state index in [4.69, 9.17) is 0 Å². The number of benzene rings is 1. The SMILES string of the molecule is CCc1cc(C(F)(F)F)nn1-c1c(F)cccc1F. The highest BCUT2D eigenvalue weighted by Gasteiger charge is 2.35. The van der Waals surface area contributed by atoms with Gasteiger partial charge >= 0.3 is 6.18 Å². The standard InChI is InChI=1S/C12H9F5N2/c1-2-7-6-10(12(15,16)17)18-19(7)11-8(13)4-3-5-9(11)14/h3-6H,2H2,1H3. The van der Waals surface area contributed by atoms with Crippen molar-refractivity contribution in [3.63, 3.8) is 0 Å². The van der Waals surface area contributed by atoms with Crippen LogP contribution in [0, 0.1) is 11.6 Å². The predicted molar refractivity (Wildman–Crippen MR) is 57.9 cm³/mol. The molecule has 7 heteroatoms. The molecule has 0 spiro atoms. The number of halogens is 5. The monoisotopic (exact) mass is 276 g/mol. The Balaban J connectivity index is 2.65. The maximum absolute atomic E-state index is 13.6. The first-order valence-corrected chi connectivity index (χ1v) is 5.45. The summed E-state index contributed by atoms with van der Waals surface area (Å²) < 4.78 is 65.5. The van der Waals surface area contributed by atoms with Gasteiger partial charge in [0, 0.05) is 5.69 Å². The lowest BCUT2D eigenvalue weighted by Gasteiger charge is -2.08. The summed E-state index contributed by atoms with van der Waals surface area (Å²) in [6.45, 7) is 1.58. The average Bonchev–Trinajstić information content (AvgIpc) is 2.72. The number of para-hydroxylation sites is 1. The molecule has 0 saturated heterocycles. The molecular formula is C12H9F5N2. The normalized spacial score (nSPS) is 11.9. The maximum atomic E-state index is 13.6. The van der Waals surface area contributed by atoms with Gasteiger partial charge < -0.3 is 0 Å². The van der Waals surface area contributed by atoms with Gasteiger partial charge in [-0.15, -0.1) is 0 Å². The topological polar surface area (TPSA) is 17.8 Å². The molecule has 0 unspecified atom stereocenters. The molecule has 0 bridgehead atoms. The van der Waals surface area contributed by atoms with Gasteiger partial charge in [0.05, 0.1) is 0 Å². The van der Waals surface area contributed by atoms with E-state index in [1.165, 1.54) is 0 Å². The van der Waals surface area contributed by atoms with Crippen molar-refractivity contribution in [3.05, 3.63) is 47.3 Å². The van der Waals surface area contributed by atoms with E-state index in [-0.39, 0.29) is 12.1 Å². The molecule has 1 aromatic heterocycles. The van der Waals surface area contributed by atoms with Gasteiger partial charge in [0.2, 0.25) is 0 Å². The van der Waals surface area contributed by atoms with E-state index < -0.39 is 29.2 Å². The smallest absolute Gasteiger partial charge is 0.231 e. The fraction of sp³-hybridized carbons (Fsp3) is 0.250. The zero-order valence-electron chi connectivity index (χ0n) is 9.80. The fourth-order valence-corrected chi connectivity index (χ4v) is 1.70. The van der Waals surface area contributed by atoms with E-state index >= 15 is 0 Å². The number of rotatable bonds is 2. The number of aromatic nitrogens is 2. The molecule has 0 saturated carbocycles. The predicted octanol–water partition coefficient (Wildman–Crippen LogP) is 3.73. The number of aryl methyl sites for hydroxylation is 1. The Bertz CT molecular complexity index is 580. The molecule has 1 aromatic carbocycles. The summed E-state index contributed by atoms with van der Waals surface area (Å²) in [4.78, 5) is 0. The van der Waals surface area contributed by atoms with Crippen LogP contribution >= 0.6 is 0 Å². The minimum Gasteiger partial charge on any atom is -0.231 e. The lowest BCUT2D eigenvalue weighted by atomic mass is 10.2. The van der Waals surface area contributed by atoms with Crippen molar-refractivity contribution >= 4 is 0 Å². The minimum absolute atomic E-state index is 0.0799. The van der Waals surface area contributed by atoms with Gasteiger partial charge in [-0.2, -0.15) is 18.3 Å². The fourth-order valence-electron chi connectivity index (χ4n) is 1.70. The second-order valence-corrected chi connectivity index (χ2v) is 3.85. The van der Waals surface area contributed by atoms with E-state index in [9.17, 15) is 22.0 Å². The Labute approximate surface area is 105 Å². The van der Waals surface area contributed by atoms with Crippen LogP contribution in [-0.4, -0.2) is 9.78 Å². The molecule has 0 fully saturated rings. The molecule has 0 aliphatic rings. The molecule has 0 amide bonds. The summed E-state index contributed by atoms with van der Waals surface area (Å²) in [5, 5.41) is 3.26. The first-order valence-electron chi connectivity index (χ1n) is 5.45. The van der Waals surface area contributed by atoms with Crippen LogP contribution in [0.5, 0.6) is 0 Å². The highest BCUT2D eigenvalue weighted by molar-refractivity contribution is 5.37. The molecule has 19 heavy (non-hydrogen) atoms. The summed E-state index contributed by atoms with van der Waals surface area (Å²) in [5.74, 6) is -1.93. The quantitative estimate of drug-likeness (QED) is 0.764. The molecule has 1 heterocycles. The first-order chi connectivity index (χ1) is 8.84. The van der Waals surface area contributed by atoms with Crippen molar-refractivity contribution in [1.29, 1.82) is 0 Å². The Morgan fingerprint density at radius 1 is 1.16 bits per heavy atom. The first kappa shape index (κ1) is 13.5. The minimum atomic E-state index is -4.66. The lowest BCUT2D eigenvalue weighted by molar-refractivity contribution is -0.141. The van der Waals surface area contributed by atoms with Crippen LogP contribution in [0.15, 0.2) is 24.3 Å². The third kappa shape index (κ3) is 2.45. The van der Waals surface area contributed by atoms with Crippen LogP contribution in [0.2, 0.25) is 0 Å². The van der Waals surface area contributed by atoms with Gasteiger partial charge in [0.25, 0.3) is 0 Å². The van der Waals surface area contributed by atoms with Gasteiger partial charge in [-0.3, -0.25) is 0 Å². The summed E-state index contributed by atoms with van der Waals surface area (Å²) in [5.41, 5.74) is -1.70. The van der Waals surface area contributed by atoms with E-state index in [0.717, 1.165) is 24.3 Å². The van der Waals surface area contributed by atoms with E-state index in [0.29, 0.717) is 4.68 Å². The zero-order chi connectivity index (χ0) is 14.2. The summed E-state index contributed by atoms with van der Waals surface area (Å²) >= 11 is 0. The Morgan fingerprint density at radius 2 is 1.74 bits per heavy atom. The summed E-state index contributed by atoms with van der Waals surface area (Å²) in [7, 11) is 0. The zero-order valence-corrected chi connectivity index (χ0v) is 9.80. The van der Waals surface area contributed by atoms with Crippen molar-refractivity contribution in [2.24, 2.45) is 0 Å². The van der Waals surface area contributed by atoms with E-state index in [2.05, 4.69) is 5.10 Å². The Morgan fingerprint density at radius 3 is 2.21 bits per heavy atom. The van der Waals surface area contributed by atoms with Crippen LogP contribution in [0.3, 0.4) is 0 Å². The van der Waals surface area contributed by atoms with Gasteiger partial charge in [-0.05, 0) is 24.6 Å². The molecular weight excluding hydrogens is 267 g/mol. The summed E-state index contributed by atoms with van der Waals surface area (Å²) in [6, 6.07) is 3.85. The number of alkyl halides is 3. The summed E-state index contributed by atoms with van der Waals surface area (Å²) in [6.07, 6.45) is -4.49. The third-order valence-corrected chi connectivity index (χ3v) is 2.59. The second-order valence-electron chi connectivity index (χ2n) is 3.85. The molecule has 2 aromatic rings. The van der Waals surface area contributed by atoms with Crippen molar-refractivity contribution in [2.45, 2.75) is 19.5 Å². The van der Waals surface area contributed by atoms with Gasteiger partial charge in [-0.25, -0.2) is 13.5 Å². The second kappa shape index (κ2) is 4.64. The highest BCUT2D eigenvalue weighted by atomic mass is 19.4. The average molecular weight is 276 g/mol. The highest BCUT2D eigenvalue weighted by Crippen LogP contribution is 2.30. The van der Waals surface area contributed by atoms with Crippen molar-refractivity contribution in [3.8, 4) is 5.69 Å². The largest absolute Gasteiger partial charge is 0.435 e.